The quantitative estimate of drug-likeness (QED) is 0.552. The van der Waals surface area contributed by atoms with Gasteiger partial charge in [-0.2, -0.15) is 18.3 Å². The number of likely N-dealkylation sites (tertiary alicyclic amines) is 1. The van der Waals surface area contributed by atoms with E-state index in [4.69, 9.17) is 5.73 Å². The summed E-state index contributed by atoms with van der Waals surface area (Å²) >= 11 is 0. The van der Waals surface area contributed by atoms with Crippen LogP contribution < -0.4 is 11.1 Å². The maximum Gasteiger partial charge on any atom is 0.408 e. The molecule has 11 heteroatoms. The number of nitrogens with two attached hydrogens (primary N) is 1. The van der Waals surface area contributed by atoms with E-state index in [9.17, 15) is 27.6 Å². The Balaban J connectivity index is 2.09. The minimum atomic E-state index is -4.46. The molecule has 0 aromatic carbocycles. The summed E-state index contributed by atoms with van der Waals surface area (Å²) in [5, 5.41) is 6.23. The fourth-order valence-electron chi connectivity index (χ4n) is 3.55. The molecule has 168 valence electrons. The molecule has 1 aromatic heterocycles. The smallest absolute Gasteiger partial charge is 0.368 e. The van der Waals surface area contributed by atoms with E-state index < -0.39 is 42.5 Å². The van der Waals surface area contributed by atoms with Gasteiger partial charge in [0.25, 0.3) is 5.91 Å². The van der Waals surface area contributed by atoms with Crippen molar-refractivity contribution in [3.05, 3.63) is 18.0 Å². The monoisotopic (exact) mass is 431 g/mol. The first-order chi connectivity index (χ1) is 14.1. The van der Waals surface area contributed by atoms with Crippen LogP contribution in [0, 0.1) is 0 Å². The number of amides is 3. The van der Waals surface area contributed by atoms with E-state index in [0.717, 1.165) is 25.5 Å². The molecule has 3 amide bonds. The lowest BCUT2D eigenvalue weighted by atomic mass is 10.0. The molecule has 1 aromatic rings. The van der Waals surface area contributed by atoms with Crippen molar-refractivity contribution in [3.63, 3.8) is 0 Å². The summed E-state index contributed by atoms with van der Waals surface area (Å²) in [6.07, 6.45) is 1.59. The first-order valence-corrected chi connectivity index (χ1v) is 10.1. The number of rotatable bonds is 10. The molecule has 1 aliphatic rings. The van der Waals surface area contributed by atoms with Gasteiger partial charge < -0.3 is 16.0 Å². The van der Waals surface area contributed by atoms with Gasteiger partial charge in [0.15, 0.2) is 0 Å². The number of halogens is 3. The summed E-state index contributed by atoms with van der Waals surface area (Å²) in [5.74, 6) is -1.74. The summed E-state index contributed by atoms with van der Waals surface area (Å²) in [4.78, 5) is 38.6. The van der Waals surface area contributed by atoms with E-state index in [1.807, 2.05) is 6.92 Å². The van der Waals surface area contributed by atoms with Crippen molar-refractivity contribution in [3.8, 4) is 0 Å². The molecule has 0 radical (unpaired) electrons. The second-order valence-corrected chi connectivity index (χ2v) is 7.48. The molecule has 0 bridgehead atoms. The highest BCUT2D eigenvalue weighted by Gasteiger charge is 2.36. The molecule has 0 saturated carbocycles. The Morgan fingerprint density at radius 2 is 2.03 bits per heavy atom. The molecular weight excluding hydrogens is 403 g/mol. The van der Waals surface area contributed by atoms with Crippen LogP contribution in [-0.4, -0.2) is 57.2 Å². The zero-order valence-electron chi connectivity index (χ0n) is 17.0. The van der Waals surface area contributed by atoms with Gasteiger partial charge in [-0.15, -0.1) is 0 Å². The van der Waals surface area contributed by atoms with E-state index in [1.54, 1.807) is 0 Å². The number of nitrogens with zero attached hydrogens (tertiary/aromatic N) is 3. The van der Waals surface area contributed by atoms with E-state index in [2.05, 4.69) is 10.4 Å². The fourth-order valence-corrected chi connectivity index (χ4v) is 3.55. The third kappa shape index (κ3) is 6.74. The molecular formula is C19H28F3N5O3. The predicted molar refractivity (Wildman–Crippen MR) is 102 cm³/mol. The molecule has 8 nitrogen and oxygen atoms in total. The van der Waals surface area contributed by atoms with E-state index >= 15 is 0 Å². The third-order valence-electron chi connectivity index (χ3n) is 5.03. The lowest BCUT2D eigenvalue weighted by Crippen LogP contribution is -2.52. The summed E-state index contributed by atoms with van der Waals surface area (Å²) < 4.78 is 38.1. The zero-order chi connectivity index (χ0) is 22.3. The molecule has 2 rings (SSSR count). The summed E-state index contributed by atoms with van der Waals surface area (Å²) in [7, 11) is 0. The first-order valence-electron chi connectivity index (χ1n) is 10.1. The second-order valence-electron chi connectivity index (χ2n) is 7.48. The number of aromatic nitrogens is 2. The molecule has 1 aliphatic heterocycles. The van der Waals surface area contributed by atoms with Crippen molar-refractivity contribution in [1.29, 1.82) is 0 Å². The Morgan fingerprint density at radius 3 is 2.67 bits per heavy atom. The number of unbranched alkanes of at least 4 members (excludes halogenated alkanes) is 3. The highest BCUT2D eigenvalue weighted by atomic mass is 19.4. The van der Waals surface area contributed by atoms with Crippen LogP contribution in [0.4, 0.5) is 13.2 Å². The number of hydrogen-bond acceptors (Lipinski definition) is 4. The van der Waals surface area contributed by atoms with Gasteiger partial charge in [0.1, 0.15) is 24.3 Å². The van der Waals surface area contributed by atoms with Crippen LogP contribution in [-0.2, 0) is 16.1 Å². The number of nitrogens with one attached hydrogen (secondary N) is 1. The van der Waals surface area contributed by atoms with Crippen molar-refractivity contribution in [2.24, 2.45) is 5.73 Å². The van der Waals surface area contributed by atoms with Gasteiger partial charge in [-0.05, 0) is 25.3 Å². The van der Waals surface area contributed by atoms with Gasteiger partial charge in [-0.3, -0.25) is 19.1 Å². The van der Waals surface area contributed by atoms with Gasteiger partial charge in [0.2, 0.25) is 11.8 Å². The topological polar surface area (TPSA) is 110 Å². The van der Waals surface area contributed by atoms with Crippen LogP contribution in [0.3, 0.4) is 0 Å². The van der Waals surface area contributed by atoms with Crippen LogP contribution in [0.1, 0.15) is 62.4 Å². The van der Waals surface area contributed by atoms with Crippen molar-refractivity contribution < 1.29 is 27.6 Å². The van der Waals surface area contributed by atoms with E-state index in [-0.39, 0.29) is 5.69 Å². The Bertz CT molecular complexity index is 750. The lowest BCUT2D eigenvalue weighted by molar-refractivity contribution is -0.142. The van der Waals surface area contributed by atoms with E-state index in [1.165, 1.54) is 11.0 Å². The molecule has 3 N–H and O–H groups in total. The maximum atomic E-state index is 13.0. The van der Waals surface area contributed by atoms with Gasteiger partial charge in [-0.1, -0.05) is 32.6 Å². The molecule has 2 atom stereocenters. The van der Waals surface area contributed by atoms with Crippen molar-refractivity contribution in [2.75, 3.05) is 6.54 Å². The largest absolute Gasteiger partial charge is 0.408 e. The predicted octanol–water partition coefficient (Wildman–Crippen LogP) is 1.99. The summed E-state index contributed by atoms with van der Waals surface area (Å²) in [5.41, 5.74) is 5.18. The molecule has 1 fully saturated rings. The van der Waals surface area contributed by atoms with Gasteiger partial charge >= 0.3 is 6.18 Å². The average Bonchev–Trinajstić information content (AvgIpc) is 3.31. The summed E-state index contributed by atoms with van der Waals surface area (Å²) in [6, 6.07) is -0.442. The third-order valence-corrected chi connectivity index (χ3v) is 5.03. The Morgan fingerprint density at radius 1 is 1.30 bits per heavy atom. The van der Waals surface area contributed by atoms with Crippen LogP contribution in [0.25, 0.3) is 0 Å². The van der Waals surface area contributed by atoms with Gasteiger partial charge in [0.05, 0.1) is 0 Å². The van der Waals surface area contributed by atoms with Crippen molar-refractivity contribution in [1.82, 2.24) is 20.0 Å². The zero-order valence-corrected chi connectivity index (χ0v) is 17.0. The minimum Gasteiger partial charge on any atom is -0.368 e. The molecule has 1 unspecified atom stereocenters. The molecule has 2 heterocycles. The van der Waals surface area contributed by atoms with E-state index in [0.29, 0.717) is 36.9 Å². The lowest BCUT2D eigenvalue weighted by Gasteiger charge is -2.27. The summed E-state index contributed by atoms with van der Waals surface area (Å²) in [6.45, 7) is 1.10. The fraction of sp³-hybridized carbons (Fsp3) is 0.684. The van der Waals surface area contributed by atoms with Gasteiger partial charge in [-0.25, -0.2) is 0 Å². The SMILES string of the molecule is CCCCCC[C@H](NC(=O)c1ccn(CC(F)(F)F)n1)C(=O)N1CCCC1C(N)=O. The Labute approximate surface area is 173 Å². The standard InChI is InChI=1S/C19H28F3N5O3/c1-2-3-4-5-7-14(18(30)27-10-6-8-15(27)16(23)28)24-17(29)13-9-11-26(25-13)12-19(20,21)22/h9,11,14-15H,2-8,10,12H2,1H3,(H2,23,28)(H,24,29)/t14-,15?/m0/s1. The number of carbonyl (C=O) groups excluding carboxylic acids is 3. The number of hydrogen-bond donors (Lipinski definition) is 2. The molecule has 1 saturated heterocycles. The first kappa shape index (κ1) is 23.7. The Kier molecular flexibility index (Phi) is 8.24. The number of carbonyl (C=O) groups is 3. The average molecular weight is 431 g/mol. The molecule has 0 spiro atoms. The number of primary amides is 1. The number of alkyl halides is 3. The molecule has 0 aliphatic carbocycles. The van der Waals surface area contributed by atoms with Crippen LogP contribution in [0.2, 0.25) is 0 Å². The second kappa shape index (κ2) is 10.4. The van der Waals surface area contributed by atoms with Crippen LogP contribution in [0.5, 0.6) is 0 Å². The maximum absolute atomic E-state index is 13.0. The molecule has 30 heavy (non-hydrogen) atoms. The highest BCUT2D eigenvalue weighted by Crippen LogP contribution is 2.20. The van der Waals surface area contributed by atoms with Gasteiger partial charge in [0, 0.05) is 12.7 Å². The van der Waals surface area contributed by atoms with Crippen LogP contribution >= 0.6 is 0 Å². The normalized spacial score (nSPS) is 17.7. The van der Waals surface area contributed by atoms with Crippen LogP contribution in [0.15, 0.2) is 12.3 Å². The Hall–Kier alpha value is -2.59. The van der Waals surface area contributed by atoms with Crippen molar-refractivity contribution >= 4 is 17.7 Å². The minimum absolute atomic E-state index is 0.210. The highest BCUT2D eigenvalue weighted by molar-refractivity contribution is 5.97. The van der Waals surface area contributed by atoms with Crippen molar-refractivity contribution in [2.45, 2.75) is 76.7 Å².